The van der Waals surface area contributed by atoms with Gasteiger partial charge in [0.2, 0.25) is 11.7 Å². The molecule has 0 bridgehead atoms. The summed E-state index contributed by atoms with van der Waals surface area (Å²) < 4.78 is 40.5. The highest BCUT2D eigenvalue weighted by atomic mass is 16.6. The average molecular weight is 961 g/mol. The van der Waals surface area contributed by atoms with E-state index in [0.29, 0.717) is 63.4 Å². The lowest BCUT2D eigenvalue weighted by atomic mass is 9.81. The van der Waals surface area contributed by atoms with E-state index in [4.69, 9.17) is 33.2 Å². The molecule has 68 heavy (non-hydrogen) atoms. The zero-order valence-corrected chi connectivity index (χ0v) is 41.9. The monoisotopic (exact) mass is 961 g/mol. The Labute approximate surface area is 401 Å². The first kappa shape index (κ1) is 57.5. The molecule has 2 fully saturated rings. The van der Waals surface area contributed by atoms with Gasteiger partial charge in [-0.05, 0) is 95.5 Å². The molecule has 2 aliphatic heterocycles. The Bertz CT molecular complexity index is 1830. The highest BCUT2D eigenvalue weighted by molar-refractivity contribution is 6.63. The Morgan fingerprint density at radius 2 is 1.46 bits per heavy atom. The summed E-state index contributed by atoms with van der Waals surface area (Å²) in [5.41, 5.74) is 1.46. The Morgan fingerprint density at radius 1 is 0.824 bits per heavy atom. The minimum absolute atomic E-state index is 0.0135. The first-order valence-electron chi connectivity index (χ1n) is 23.9. The molecule has 2 heterocycles. The fourth-order valence-electron chi connectivity index (χ4n) is 9.83. The largest absolute Gasteiger partial charge is 0.464 e. The van der Waals surface area contributed by atoms with E-state index >= 15 is 0 Å². The summed E-state index contributed by atoms with van der Waals surface area (Å²) in [5, 5.41) is 0. The lowest BCUT2D eigenvalue weighted by molar-refractivity contribution is -0.173. The fraction of sp³-hybridized carbons (Fsp3) is 0.740. The summed E-state index contributed by atoms with van der Waals surface area (Å²) >= 11 is 0. The van der Waals surface area contributed by atoms with Gasteiger partial charge >= 0.3 is 11.9 Å². The molecular formula is C50H76N2O16. The molecule has 0 aromatic heterocycles. The van der Waals surface area contributed by atoms with E-state index in [2.05, 4.69) is 0 Å². The number of nitrogens with zero attached hydrogens (tertiary/aromatic N) is 2. The number of amides is 2. The molecule has 3 rings (SSSR count). The zero-order valence-electron chi connectivity index (χ0n) is 41.9. The van der Waals surface area contributed by atoms with Crippen LogP contribution in [0.15, 0.2) is 23.3 Å². The second-order valence-corrected chi connectivity index (χ2v) is 19.1. The Morgan fingerprint density at radius 3 is 2.06 bits per heavy atom. The molecule has 3 aliphatic rings. The second kappa shape index (κ2) is 28.0. The summed E-state index contributed by atoms with van der Waals surface area (Å²) in [6.45, 7) is 11.3. The Hall–Kier alpha value is -4.81. The summed E-state index contributed by atoms with van der Waals surface area (Å²) in [5.74, 6) is -8.71. The van der Waals surface area contributed by atoms with Crippen LogP contribution in [-0.2, 0) is 76.3 Å². The summed E-state index contributed by atoms with van der Waals surface area (Å²) in [6.07, 6.45) is 0.769. The van der Waals surface area contributed by atoms with Gasteiger partial charge in [0, 0.05) is 66.1 Å². The molecular weight excluding hydrogens is 885 g/mol. The number of allylic oxidation sites excluding steroid dienone is 3. The number of ketones is 3. The number of piperidine rings is 1. The smallest absolute Gasteiger partial charge is 0.329 e. The first-order valence-corrected chi connectivity index (χ1v) is 23.9. The van der Waals surface area contributed by atoms with Gasteiger partial charge in [0.15, 0.2) is 6.10 Å². The predicted molar refractivity (Wildman–Crippen MR) is 246 cm³/mol. The van der Waals surface area contributed by atoms with Gasteiger partial charge in [0.25, 0.3) is 24.6 Å². The van der Waals surface area contributed by atoms with Crippen LogP contribution in [0.1, 0.15) is 119 Å². The molecule has 3 unspecified atom stereocenters. The molecule has 0 spiro atoms. The topological polar surface area (TPSA) is 225 Å². The molecule has 18 nitrogen and oxygen atoms in total. The quantitative estimate of drug-likeness (QED) is 0.0609. The molecule has 382 valence electrons. The van der Waals surface area contributed by atoms with Crippen LogP contribution in [-0.4, -0.2) is 155 Å². The maximum Gasteiger partial charge on any atom is 0.329 e. The third kappa shape index (κ3) is 16.1. The van der Waals surface area contributed by atoms with Crippen LogP contribution < -0.4 is 0 Å². The standard InChI is InChI=1S/C50H76N2O16/c1-12-35-20-29(2)19-30(3)21-41(63-10)48(67-44(57)26-43(56)51(7)8)42(64-11)23-31(4)45(58)46(59)49(60)52-18-14-13-15-36(52)50(61)68-47(33(6)39(66-28-54)25-37(35)55)32(5)22-34-16-17-38(65-27-53)40(24-34)62-9/h20,22,27-28,30-31,33-36,38-42,47-48H,12-19,21,23-26H2,1-11H3/b29-20+,32-22+/t30-,31+,33+,34?,35+,36-,38+,39?,40+,41-,42-,47+,48?/m0/s1. The van der Waals surface area contributed by atoms with E-state index in [1.165, 1.54) is 47.2 Å². The zero-order chi connectivity index (χ0) is 50.8. The van der Waals surface area contributed by atoms with Crippen LogP contribution in [0.2, 0.25) is 0 Å². The molecule has 2 amide bonds. The summed E-state index contributed by atoms with van der Waals surface area (Å²) in [6, 6.07) is -1.25. The summed E-state index contributed by atoms with van der Waals surface area (Å²) in [7, 11) is 7.32. The number of hydrogen-bond donors (Lipinski definition) is 0. The molecule has 1 saturated heterocycles. The van der Waals surface area contributed by atoms with Crippen LogP contribution in [0.5, 0.6) is 0 Å². The normalized spacial score (nSPS) is 33.2. The number of Topliss-reactive ketones (excluding diaryl/α,β-unsaturated/α-hetero) is 3. The molecule has 0 aromatic rings. The molecule has 0 N–H and O–H groups in total. The number of carbonyl (C=O) groups excluding carboxylic acids is 9. The van der Waals surface area contributed by atoms with Gasteiger partial charge < -0.3 is 43.0 Å². The van der Waals surface area contributed by atoms with Crippen molar-refractivity contribution in [2.45, 2.75) is 167 Å². The van der Waals surface area contributed by atoms with Crippen LogP contribution in [0.4, 0.5) is 0 Å². The average Bonchev–Trinajstić information content (AvgIpc) is 3.31. The molecule has 13 atom stereocenters. The van der Waals surface area contributed by atoms with Crippen molar-refractivity contribution in [2.75, 3.05) is 42.0 Å². The van der Waals surface area contributed by atoms with Crippen LogP contribution in [0.3, 0.4) is 0 Å². The minimum atomic E-state index is -1.35. The number of carbonyl (C=O) groups is 9. The number of fused-ring (bicyclic) bond motifs is 1. The third-order valence-corrected chi connectivity index (χ3v) is 13.7. The van der Waals surface area contributed by atoms with Crippen molar-refractivity contribution in [3.63, 3.8) is 0 Å². The van der Waals surface area contributed by atoms with E-state index in [1.807, 2.05) is 32.9 Å². The highest BCUT2D eigenvalue weighted by Crippen LogP contribution is 2.34. The van der Waals surface area contributed by atoms with E-state index in [0.717, 1.165) is 10.5 Å². The van der Waals surface area contributed by atoms with Crippen molar-refractivity contribution < 1.29 is 76.3 Å². The van der Waals surface area contributed by atoms with Gasteiger partial charge in [-0.1, -0.05) is 45.4 Å². The first-order chi connectivity index (χ1) is 32.2. The van der Waals surface area contributed by atoms with E-state index in [1.54, 1.807) is 13.8 Å². The maximum atomic E-state index is 14.5. The van der Waals surface area contributed by atoms with Crippen LogP contribution in [0.25, 0.3) is 0 Å². The van der Waals surface area contributed by atoms with Crippen LogP contribution in [0, 0.1) is 29.6 Å². The molecule has 1 saturated carbocycles. The van der Waals surface area contributed by atoms with Gasteiger partial charge in [-0.3, -0.25) is 38.4 Å². The van der Waals surface area contributed by atoms with E-state index in [9.17, 15) is 43.2 Å². The number of ether oxygens (including phenoxy) is 7. The van der Waals surface area contributed by atoms with E-state index < -0.39 is 108 Å². The number of rotatable bonds is 13. The lowest BCUT2D eigenvalue weighted by Gasteiger charge is -2.37. The number of esters is 2. The van der Waals surface area contributed by atoms with Crippen molar-refractivity contribution in [3.8, 4) is 0 Å². The van der Waals surface area contributed by atoms with Gasteiger partial charge in [0.05, 0.1) is 18.3 Å². The third-order valence-electron chi connectivity index (χ3n) is 13.7. The second-order valence-electron chi connectivity index (χ2n) is 19.1. The van der Waals surface area contributed by atoms with Gasteiger partial charge in [-0.25, -0.2) is 4.79 Å². The summed E-state index contributed by atoms with van der Waals surface area (Å²) in [4.78, 5) is 122. The van der Waals surface area contributed by atoms with Crippen molar-refractivity contribution >= 4 is 54.0 Å². The van der Waals surface area contributed by atoms with E-state index in [-0.39, 0.29) is 49.9 Å². The number of methoxy groups -OCH3 is 3. The van der Waals surface area contributed by atoms with Crippen molar-refractivity contribution in [2.24, 2.45) is 29.6 Å². The van der Waals surface area contributed by atoms with Crippen LogP contribution >= 0.6 is 0 Å². The molecule has 18 heteroatoms. The fourth-order valence-corrected chi connectivity index (χ4v) is 9.83. The van der Waals surface area contributed by atoms with Crippen molar-refractivity contribution in [1.82, 2.24) is 9.80 Å². The molecule has 0 aromatic carbocycles. The SMILES string of the molecule is CC[C@@H]1/C=C(\C)C[C@H](C)C[C@H](OC)C(OC(=O)CC(=O)N(C)C)[C@@H](OC)C[C@@H](C)C(=O)C(=O)C(=O)N2CCCC[C@H]2C(=O)O[C@H](/C(C)=C/C2CC[C@@H](OC=O)[C@H](OC)C2)[C@H](C)C(OC=O)CC1=O. The predicted octanol–water partition coefficient (Wildman–Crippen LogP) is 4.71. The van der Waals surface area contributed by atoms with Gasteiger partial charge in [-0.2, -0.15) is 0 Å². The minimum Gasteiger partial charge on any atom is -0.464 e. The van der Waals surface area contributed by atoms with Crippen molar-refractivity contribution in [1.29, 1.82) is 0 Å². The maximum absolute atomic E-state index is 14.5. The van der Waals surface area contributed by atoms with Crippen molar-refractivity contribution in [3.05, 3.63) is 23.3 Å². The lowest BCUT2D eigenvalue weighted by Crippen LogP contribution is -2.53. The van der Waals surface area contributed by atoms with Gasteiger partial charge in [-0.15, -0.1) is 0 Å². The van der Waals surface area contributed by atoms with Gasteiger partial charge in [0.1, 0.15) is 36.6 Å². The Kier molecular flexibility index (Phi) is 23.7. The molecule has 1 aliphatic carbocycles. The number of cyclic esters (lactones) is 1. The number of hydrogen-bond acceptors (Lipinski definition) is 16. The Balaban J connectivity index is 2.15. The highest BCUT2D eigenvalue weighted by Gasteiger charge is 2.44. The molecule has 0 radical (unpaired) electrons.